The van der Waals surface area contributed by atoms with Crippen molar-refractivity contribution >= 4 is 17.5 Å². The van der Waals surface area contributed by atoms with E-state index in [-0.39, 0.29) is 29.1 Å². The third-order valence-electron chi connectivity index (χ3n) is 6.20. The number of hydrogen-bond acceptors (Lipinski definition) is 4. The zero-order chi connectivity index (χ0) is 23.0. The molecule has 1 aliphatic carbocycles. The van der Waals surface area contributed by atoms with Gasteiger partial charge in [-0.15, -0.1) is 0 Å². The van der Waals surface area contributed by atoms with Crippen LogP contribution in [0.3, 0.4) is 0 Å². The molecule has 170 valence electrons. The fourth-order valence-corrected chi connectivity index (χ4v) is 4.39. The van der Waals surface area contributed by atoms with Crippen molar-refractivity contribution in [2.45, 2.75) is 51.4 Å². The number of carbonyl (C=O) groups is 2. The number of amides is 2. The number of ether oxygens (including phenoxy) is 1. The molecule has 1 N–H and O–H groups in total. The number of aromatic nitrogens is 1. The first-order valence-electron chi connectivity index (χ1n) is 10.5. The van der Waals surface area contributed by atoms with Gasteiger partial charge in [-0.25, -0.2) is 4.98 Å². The van der Waals surface area contributed by atoms with Gasteiger partial charge in [-0.05, 0) is 61.4 Å². The lowest BCUT2D eigenvalue weighted by Crippen LogP contribution is -2.37. The molecule has 6 nitrogen and oxygen atoms in total. The number of alkyl halides is 3. The summed E-state index contributed by atoms with van der Waals surface area (Å²) < 4.78 is 44.1. The summed E-state index contributed by atoms with van der Waals surface area (Å²) in [6.45, 7) is 2.65. The summed E-state index contributed by atoms with van der Waals surface area (Å²) in [7, 11) is 1.40. The van der Waals surface area contributed by atoms with Gasteiger partial charge in [-0.3, -0.25) is 9.59 Å². The molecule has 1 aliphatic heterocycles. The lowest BCUT2D eigenvalue weighted by atomic mass is 9.86. The molecule has 0 unspecified atom stereocenters. The average Bonchev–Trinajstić information content (AvgIpc) is 3.08. The van der Waals surface area contributed by atoms with Gasteiger partial charge in [-0.1, -0.05) is 13.0 Å². The topological polar surface area (TPSA) is 71.5 Å². The van der Waals surface area contributed by atoms with Crippen molar-refractivity contribution in [1.82, 2.24) is 9.88 Å². The van der Waals surface area contributed by atoms with Gasteiger partial charge in [0.1, 0.15) is 17.1 Å². The zero-order valence-corrected chi connectivity index (χ0v) is 17.8. The number of methoxy groups -OCH3 is 1. The highest BCUT2D eigenvalue weighted by Gasteiger charge is 2.36. The smallest absolute Gasteiger partial charge is 0.433 e. The lowest BCUT2D eigenvalue weighted by Gasteiger charge is -2.33. The molecule has 0 saturated heterocycles. The number of anilines is 1. The van der Waals surface area contributed by atoms with Gasteiger partial charge in [0.25, 0.3) is 11.8 Å². The summed E-state index contributed by atoms with van der Waals surface area (Å²) >= 11 is 0. The summed E-state index contributed by atoms with van der Waals surface area (Å²) in [6, 6.07) is 6.57. The first kappa shape index (κ1) is 22.1. The van der Waals surface area contributed by atoms with E-state index >= 15 is 0 Å². The summed E-state index contributed by atoms with van der Waals surface area (Å²) in [5.41, 5.74) is 0.0466. The van der Waals surface area contributed by atoms with Crippen LogP contribution >= 0.6 is 0 Å². The van der Waals surface area contributed by atoms with Crippen molar-refractivity contribution < 1.29 is 27.5 Å². The molecule has 0 bridgehead atoms. The van der Waals surface area contributed by atoms with Crippen LogP contribution in [0.5, 0.6) is 5.75 Å². The van der Waals surface area contributed by atoms with Crippen LogP contribution in [0.2, 0.25) is 0 Å². The van der Waals surface area contributed by atoms with Gasteiger partial charge in [0.2, 0.25) is 0 Å². The van der Waals surface area contributed by atoms with Gasteiger partial charge in [0.15, 0.2) is 0 Å². The second-order valence-electron chi connectivity index (χ2n) is 8.42. The van der Waals surface area contributed by atoms with E-state index in [2.05, 4.69) is 17.2 Å². The molecular formula is C23H24F3N3O3. The first-order chi connectivity index (χ1) is 15.2. The van der Waals surface area contributed by atoms with Crippen LogP contribution in [0.1, 0.15) is 64.7 Å². The number of nitrogens with zero attached hydrogens (tertiary/aromatic N) is 2. The van der Waals surface area contributed by atoms with Gasteiger partial charge in [-0.2, -0.15) is 13.2 Å². The Kier molecular flexibility index (Phi) is 5.83. The number of halogens is 3. The van der Waals surface area contributed by atoms with Gasteiger partial charge in [0.05, 0.1) is 12.8 Å². The van der Waals surface area contributed by atoms with Crippen molar-refractivity contribution in [3.8, 4) is 5.75 Å². The van der Waals surface area contributed by atoms with Crippen LogP contribution in [0.25, 0.3) is 0 Å². The van der Waals surface area contributed by atoms with Gasteiger partial charge < -0.3 is 15.0 Å². The van der Waals surface area contributed by atoms with E-state index < -0.39 is 17.8 Å². The fourth-order valence-electron chi connectivity index (χ4n) is 4.39. The minimum atomic E-state index is -4.65. The fraction of sp³-hybridized carbons (Fsp3) is 0.435. The molecular weight excluding hydrogens is 423 g/mol. The highest BCUT2D eigenvalue weighted by atomic mass is 19.4. The van der Waals surface area contributed by atoms with Crippen molar-refractivity contribution in [1.29, 1.82) is 0 Å². The van der Waals surface area contributed by atoms with E-state index in [1.54, 1.807) is 12.1 Å². The van der Waals surface area contributed by atoms with Crippen LogP contribution < -0.4 is 10.1 Å². The Balaban J connectivity index is 1.56. The summed E-state index contributed by atoms with van der Waals surface area (Å²) in [5.74, 6) is 0.0707. The van der Waals surface area contributed by atoms with Crippen molar-refractivity contribution in [2.24, 2.45) is 5.92 Å². The Hall–Kier alpha value is -3.10. The number of hydrogen-bond donors (Lipinski definition) is 1. The largest absolute Gasteiger partial charge is 0.495 e. The highest BCUT2D eigenvalue weighted by molar-refractivity contribution is 6.05. The highest BCUT2D eigenvalue weighted by Crippen LogP contribution is 2.37. The third kappa shape index (κ3) is 4.28. The Morgan fingerprint density at radius 2 is 1.91 bits per heavy atom. The quantitative estimate of drug-likeness (QED) is 0.724. The zero-order valence-electron chi connectivity index (χ0n) is 17.8. The van der Waals surface area contributed by atoms with Crippen LogP contribution in [-0.2, 0) is 12.7 Å². The Bertz CT molecular complexity index is 1050. The molecule has 2 aliphatic rings. The number of nitrogens with one attached hydrogen (secondary N) is 1. The molecule has 1 aromatic carbocycles. The van der Waals surface area contributed by atoms with E-state index in [1.165, 1.54) is 13.2 Å². The minimum absolute atomic E-state index is 0.0599. The predicted molar refractivity (Wildman–Crippen MR) is 111 cm³/mol. The van der Waals surface area contributed by atoms with Crippen molar-refractivity contribution in [3.05, 3.63) is 52.8 Å². The van der Waals surface area contributed by atoms with Crippen LogP contribution in [0, 0.1) is 5.92 Å². The monoisotopic (exact) mass is 447 g/mol. The Labute approximate surface area is 183 Å². The van der Waals surface area contributed by atoms with E-state index in [0.29, 0.717) is 18.0 Å². The van der Waals surface area contributed by atoms with Gasteiger partial charge >= 0.3 is 6.18 Å². The van der Waals surface area contributed by atoms with Crippen LogP contribution in [-0.4, -0.2) is 34.8 Å². The second kappa shape index (κ2) is 8.44. The van der Waals surface area contributed by atoms with Crippen molar-refractivity contribution in [3.63, 3.8) is 0 Å². The third-order valence-corrected chi connectivity index (χ3v) is 6.20. The maximum absolute atomic E-state index is 13.0. The Morgan fingerprint density at radius 1 is 1.19 bits per heavy atom. The molecule has 9 heteroatoms. The molecule has 2 amide bonds. The standard InChI is InChI=1S/C23H24F3N3O3/c1-13-6-8-15(9-7-13)29-12-14-10-18(19(32-2)11-16(14)22(29)31)28-21(30)17-4-3-5-20(27-17)23(24,25)26/h3-5,10-11,13,15H,6-9,12H2,1-2H3,(H,28,30). The number of benzene rings is 1. The summed E-state index contributed by atoms with van der Waals surface area (Å²) in [6.07, 6.45) is -0.563. The molecule has 0 spiro atoms. The first-order valence-corrected chi connectivity index (χ1v) is 10.5. The second-order valence-corrected chi connectivity index (χ2v) is 8.42. The normalized spacial score (nSPS) is 20.8. The number of fused-ring (bicyclic) bond motifs is 1. The van der Waals surface area contributed by atoms with Crippen molar-refractivity contribution in [2.75, 3.05) is 12.4 Å². The lowest BCUT2D eigenvalue weighted by molar-refractivity contribution is -0.141. The molecule has 2 heterocycles. The number of carbonyl (C=O) groups excluding carboxylic acids is 2. The molecule has 1 aromatic heterocycles. The molecule has 2 aromatic rings. The van der Waals surface area contributed by atoms with Crippen LogP contribution in [0.15, 0.2) is 30.3 Å². The maximum Gasteiger partial charge on any atom is 0.433 e. The van der Waals surface area contributed by atoms with Crippen LogP contribution in [0.4, 0.5) is 18.9 Å². The minimum Gasteiger partial charge on any atom is -0.495 e. The van der Waals surface area contributed by atoms with E-state index in [0.717, 1.165) is 43.4 Å². The SMILES string of the molecule is COc1cc2c(cc1NC(=O)c1cccc(C(F)(F)F)n1)CN(C1CCC(C)CC1)C2=O. The molecule has 0 atom stereocenters. The molecule has 1 saturated carbocycles. The van der Waals surface area contributed by atoms with Gasteiger partial charge in [0, 0.05) is 18.2 Å². The number of pyridine rings is 1. The molecule has 32 heavy (non-hydrogen) atoms. The summed E-state index contributed by atoms with van der Waals surface area (Å²) in [4.78, 5) is 30.9. The summed E-state index contributed by atoms with van der Waals surface area (Å²) in [5, 5.41) is 2.58. The molecule has 4 rings (SSSR count). The maximum atomic E-state index is 13.0. The van der Waals surface area contributed by atoms with E-state index in [1.807, 2.05) is 4.90 Å². The number of rotatable bonds is 4. The molecule has 1 fully saturated rings. The van der Waals surface area contributed by atoms with E-state index in [4.69, 9.17) is 4.74 Å². The average molecular weight is 447 g/mol. The Morgan fingerprint density at radius 3 is 2.56 bits per heavy atom. The van der Waals surface area contributed by atoms with E-state index in [9.17, 15) is 22.8 Å². The predicted octanol–water partition coefficient (Wildman–Crippen LogP) is 4.90. The molecule has 0 radical (unpaired) electrons.